The van der Waals surface area contributed by atoms with Crippen molar-refractivity contribution in [3.63, 3.8) is 0 Å². The fourth-order valence-electron chi connectivity index (χ4n) is 5.64. The van der Waals surface area contributed by atoms with Gasteiger partial charge in [0.2, 0.25) is 0 Å². The van der Waals surface area contributed by atoms with E-state index in [1.807, 2.05) is 6.07 Å². The van der Waals surface area contributed by atoms with Gasteiger partial charge in [-0.3, -0.25) is 19.4 Å². The Balaban J connectivity index is 1.39. The SMILES string of the molecule is C=C(F)C(=O)N1CC(n2nc(-c3ccc(C(F)(F)F)nc3)c3nccc(N4CC5(CN(C)C5)C4)c32)C1. The number of likely N-dealkylation sites (tertiary alicyclic amines) is 2. The summed E-state index contributed by atoms with van der Waals surface area (Å²) in [7, 11) is 2.09. The van der Waals surface area contributed by atoms with Crippen LogP contribution < -0.4 is 4.90 Å². The molecule has 1 amide bonds. The number of hydrogen-bond donors (Lipinski definition) is 0. The van der Waals surface area contributed by atoms with Gasteiger partial charge in [-0.15, -0.1) is 0 Å². The maximum absolute atomic E-state index is 13.3. The van der Waals surface area contributed by atoms with Crippen molar-refractivity contribution in [1.29, 1.82) is 0 Å². The summed E-state index contributed by atoms with van der Waals surface area (Å²) in [5.74, 6) is -1.78. The number of carbonyl (C=O) groups is 1. The Morgan fingerprint density at radius 1 is 1.11 bits per heavy atom. The fraction of sp³-hybridized carbons (Fsp3) is 0.417. The van der Waals surface area contributed by atoms with Crippen LogP contribution in [0.25, 0.3) is 22.3 Å². The third-order valence-corrected chi connectivity index (χ3v) is 7.22. The molecule has 0 aliphatic carbocycles. The summed E-state index contributed by atoms with van der Waals surface area (Å²) in [5.41, 5.74) is 2.31. The molecule has 3 aliphatic heterocycles. The number of anilines is 1. The number of pyridine rings is 2. The number of carbonyl (C=O) groups excluding carboxylic acids is 1. The van der Waals surface area contributed by atoms with Crippen molar-refractivity contribution in [3.8, 4) is 11.3 Å². The highest BCUT2D eigenvalue weighted by Gasteiger charge is 2.51. The Kier molecular flexibility index (Phi) is 4.91. The van der Waals surface area contributed by atoms with Crippen LogP contribution in [0, 0.1) is 5.41 Å². The molecule has 36 heavy (non-hydrogen) atoms. The van der Waals surface area contributed by atoms with E-state index in [1.54, 1.807) is 10.9 Å². The Bertz CT molecular complexity index is 1360. The molecule has 0 unspecified atom stereocenters. The Labute approximate surface area is 203 Å². The molecular weight excluding hydrogens is 478 g/mol. The average molecular weight is 501 g/mol. The maximum Gasteiger partial charge on any atom is 0.433 e. The molecule has 12 heteroatoms. The van der Waals surface area contributed by atoms with Crippen molar-refractivity contribution >= 4 is 22.6 Å². The van der Waals surface area contributed by atoms with E-state index in [9.17, 15) is 22.4 Å². The van der Waals surface area contributed by atoms with E-state index in [-0.39, 0.29) is 24.5 Å². The van der Waals surface area contributed by atoms with Crippen LogP contribution in [-0.2, 0) is 11.0 Å². The van der Waals surface area contributed by atoms with Gasteiger partial charge in [-0.2, -0.15) is 18.3 Å². The molecule has 1 spiro atoms. The van der Waals surface area contributed by atoms with E-state index in [0.29, 0.717) is 16.8 Å². The molecule has 0 saturated carbocycles. The van der Waals surface area contributed by atoms with Gasteiger partial charge >= 0.3 is 6.18 Å². The standard InChI is InChI=1S/C24H23F4N7O/c1-14(25)22(36)33-8-16(9-33)35-21-17(34-12-23(13-34)10-32(2)11-23)5-6-29-20(21)19(31-35)15-3-4-18(30-7-15)24(26,27)28/h3-7,16H,1,8-13H2,2H3. The lowest BCUT2D eigenvalue weighted by molar-refractivity contribution is -0.141. The summed E-state index contributed by atoms with van der Waals surface area (Å²) in [6.45, 7) is 7.40. The van der Waals surface area contributed by atoms with Gasteiger partial charge in [0, 0.05) is 62.6 Å². The molecule has 0 radical (unpaired) electrons. The molecule has 0 N–H and O–H groups in total. The highest BCUT2D eigenvalue weighted by atomic mass is 19.4. The molecule has 6 heterocycles. The second-order valence-corrected chi connectivity index (χ2v) is 10.0. The predicted octanol–water partition coefficient (Wildman–Crippen LogP) is 3.13. The first kappa shape index (κ1) is 22.9. The number of nitrogens with zero attached hydrogens (tertiary/aromatic N) is 7. The van der Waals surface area contributed by atoms with Crippen molar-refractivity contribution in [1.82, 2.24) is 29.5 Å². The first-order valence-corrected chi connectivity index (χ1v) is 11.5. The van der Waals surface area contributed by atoms with Gasteiger partial charge < -0.3 is 14.7 Å². The summed E-state index contributed by atoms with van der Waals surface area (Å²) in [6.07, 6.45) is -1.72. The van der Waals surface area contributed by atoms with Gasteiger partial charge in [-0.25, -0.2) is 4.39 Å². The maximum atomic E-state index is 13.3. The molecule has 3 fully saturated rings. The minimum Gasteiger partial charge on any atom is -0.368 e. The zero-order valence-corrected chi connectivity index (χ0v) is 19.5. The molecule has 3 saturated heterocycles. The van der Waals surface area contributed by atoms with Crippen molar-refractivity contribution in [3.05, 3.63) is 48.7 Å². The highest BCUT2D eigenvalue weighted by Crippen LogP contribution is 2.44. The van der Waals surface area contributed by atoms with Gasteiger partial charge in [0.15, 0.2) is 5.83 Å². The highest BCUT2D eigenvalue weighted by molar-refractivity contribution is 5.98. The number of hydrogen-bond acceptors (Lipinski definition) is 6. The van der Waals surface area contributed by atoms with Gasteiger partial charge in [0.25, 0.3) is 5.91 Å². The zero-order valence-electron chi connectivity index (χ0n) is 19.5. The summed E-state index contributed by atoms with van der Waals surface area (Å²) >= 11 is 0. The number of alkyl halides is 3. The minimum absolute atomic E-state index is 0.236. The molecule has 0 aromatic carbocycles. The normalized spacial score (nSPS) is 19.8. The van der Waals surface area contributed by atoms with Gasteiger partial charge in [0.1, 0.15) is 22.4 Å². The Morgan fingerprint density at radius 3 is 2.42 bits per heavy atom. The van der Waals surface area contributed by atoms with Crippen LogP contribution in [0.5, 0.6) is 0 Å². The van der Waals surface area contributed by atoms with E-state index < -0.39 is 23.6 Å². The Hall–Kier alpha value is -3.54. The van der Waals surface area contributed by atoms with Crippen molar-refractivity contribution < 1.29 is 22.4 Å². The Morgan fingerprint density at radius 2 is 1.83 bits per heavy atom. The van der Waals surface area contributed by atoms with Crippen LogP contribution in [0.2, 0.25) is 0 Å². The quantitative estimate of drug-likeness (QED) is 0.404. The minimum atomic E-state index is -4.54. The van der Waals surface area contributed by atoms with Crippen LogP contribution in [0.3, 0.4) is 0 Å². The lowest BCUT2D eigenvalue weighted by Gasteiger charge is -2.60. The molecule has 3 aromatic rings. The van der Waals surface area contributed by atoms with E-state index >= 15 is 0 Å². The van der Waals surface area contributed by atoms with Crippen molar-refractivity contribution in [2.75, 3.05) is 51.2 Å². The average Bonchev–Trinajstić information content (AvgIpc) is 3.13. The molecular formula is C24H23F4N7O. The van der Waals surface area contributed by atoms with Crippen molar-refractivity contribution in [2.24, 2.45) is 5.41 Å². The molecule has 8 nitrogen and oxygen atoms in total. The fourth-order valence-corrected chi connectivity index (χ4v) is 5.64. The largest absolute Gasteiger partial charge is 0.433 e. The van der Waals surface area contributed by atoms with Gasteiger partial charge in [0.05, 0.1) is 11.7 Å². The third-order valence-electron chi connectivity index (χ3n) is 7.22. The van der Waals surface area contributed by atoms with Gasteiger partial charge in [-0.1, -0.05) is 6.58 Å². The van der Waals surface area contributed by atoms with Crippen LogP contribution in [-0.4, -0.2) is 81.8 Å². The second-order valence-electron chi connectivity index (χ2n) is 10.0. The predicted molar refractivity (Wildman–Crippen MR) is 124 cm³/mol. The van der Waals surface area contributed by atoms with Crippen LogP contribution in [0.4, 0.5) is 23.2 Å². The first-order valence-electron chi connectivity index (χ1n) is 11.5. The summed E-state index contributed by atoms with van der Waals surface area (Å²) < 4.78 is 54.2. The van der Waals surface area contributed by atoms with E-state index in [2.05, 4.69) is 33.4 Å². The second kappa shape index (κ2) is 7.73. The van der Waals surface area contributed by atoms with Gasteiger partial charge in [-0.05, 0) is 25.2 Å². The molecule has 6 rings (SSSR count). The monoisotopic (exact) mass is 501 g/mol. The number of halogens is 4. The van der Waals surface area contributed by atoms with E-state index in [0.717, 1.165) is 49.6 Å². The topological polar surface area (TPSA) is 70.4 Å². The third kappa shape index (κ3) is 3.54. The number of amides is 1. The number of fused-ring (bicyclic) bond motifs is 1. The summed E-state index contributed by atoms with van der Waals surface area (Å²) in [5, 5.41) is 4.74. The summed E-state index contributed by atoms with van der Waals surface area (Å²) in [4.78, 5) is 26.0. The molecule has 3 aliphatic rings. The molecule has 3 aromatic heterocycles. The summed E-state index contributed by atoms with van der Waals surface area (Å²) in [6, 6.07) is 3.94. The van der Waals surface area contributed by atoms with Crippen LogP contribution >= 0.6 is 0 Å². The molecule has 0 bridgehead atoms. The number of aromatic nitrogens is 4. The van der Waals surface area contributed by atoms with E-state index in [4.69, 9.17) is 5.10 Å². The number of rotatable bonds is 4. The zero-order chi connectivity index (χ0) is 25.4. The molecule has 0 atom stereocenters. The lowest BCUT2D eigenvalue weighted by Crippen LogP contribution is -2.71. The van der Waals surface area contributed by atoms with Crippen LogP contribution in [0.1, 0.15) is 11.7 Å². The van der Waals surface area contributed by atoms with Crippen LogP contribution in [0.15, 0.2) is 43.0 Å². The van der Waals surface area contributed by atoms with Crippen molar-refractivity contribution in [2.45, 2.75) is 12.2 Å². The first-order chi connectivity index (χ1) is 17.0. The lowest BCUT2D eigenvalue weighted by atomic mass is 9.73. The molecule has 188 valence electrons. The smallest absolute Gasteiger partial charge is 0.368 e. The van der Waals surface area contributed by atoms with E-state index in [1.165, 1.54) is 11.0 Å².